The number of carbonyl (C=O) groups excluding carboxylic acids is 1. The first-order valence-corrected chi connectivity index (χ1v) is 7.90. The summed E-state index contributed by atoms with van der Waals surface area (Å²) < 4.78 is 2.12. The Morgan fingerprint density at radius 3 is 2.77 bits per heavy atom. The number of likely N-dealkylation sites (N-methyl/N-ethyl adjacent to an activating group) is 1. The van der Waals surface area contributed by atoms with Crippen molar-refractivity contribution in [2.24, 2.45) is 0 Å². The van der Waals surface area contributed by atoms with E-state index in [0.29, 0.717) is 12.6 Å². The van der Waals surface area contributed by atoms with Gasteiger partial charge in [0.05, 0.1) is 12.9 Å². The van der Waals surface area contributed by atoms with Gasteiger partial charge in [-0.1, -0.05) is 0 Å². The fraction of sp³-hybridized carbons (Fsp3) is 0.600. The van der Waals surface area contributed by atoms with Gasteiger partial charge in [-0.05, 0) is 25.7 Å². The number of rotatable bonds is 4. The van der Waals surface area contributed by atoms with Gasteiger partial charge in [0.2, 0.25) is 5.91 Å². The molecule has 2 aliphatic rings. The molecule has 0 aromatic carbocycles. The van der Waals surface area contributed by atoms with E-state index < -0.39 is 0 Å². The van der Waals surface area contributed by atoms with Crippen LogP contribution in [0.15, 0.2) is 12.7 Å². The second kappa shape index (κ2) is 5.23. The summed E-state index contributed by atoms with van der Waals surface area (Å²) in [5.41, 5.74) is 1.65. The van der Waals surface area contributed by atoms with Crippen LogP contribution in [-0.4, -0.2) is 57.0 Å². The van der Waals surface area contributed by atoms with Crippen LogP contribution < -0.4 is 4.90 Å². The minimum Gasteiger partial charge on any atom is -0.348 e. The summed E-state index contributed by atoms with van der Waals surface area (Å²) in [4.78, 5) is 29.3. The molecule has 2 aromatic heterocycles. The number of aromatic nitrogens is 4. The number of imidazole rings is 1. The number of anilines is 1. The Labute approximate surface area is 129 Å². The molecule has 4 rings (SSSR count). The van der Waals surface area contributed by atoms with E-state index in [4.69, 9.17) is 0 Å². The fourth-order valence-electron chi connectivity index (χ4n) is 3.08. The fourth-order valence-corrected chi connectivity index (χ4v) is 3.08. The van der Waals surface area contributed by atoms with Gasteiger partial charge in [0.1, 0.15) is 6.33 Å². The van der Waals surface area contributed by atoms with Crippen LogP contribution in [0.25, 0.3) is 11.2 Å². The van der Waals surface area contributed by atoms with Crippen molar-refractivity contribution >= 4 is 22.9 Å². The smallest absolute Gasteiger partial charge is 0.242 e. The molecule has 7 heteroatoms. The van der Waals surface area contributed by atoms with Gasteiger partial charge in [-0.15, -0.1) is 0 Å². The SMILES string of the molecule is CN(CC(=O)N1CCCC1)c1ncnc2c1ncn2C1CC1. The van der Waals surface area contributed by atoms with Crippen molar-refractivity contribution in [3.63, 3.8) is 0 Å². The molecule has 1 amide bonds. The van der Waals surface area contributed by atoms with E-state index in [1.54, 1.807) is 6.33 Å². The zero-order chi connectivity index (χ0) is 15.1. The Bertz CT molecular complexity index is 701. The highest BCUT2D eigenvalue weighted by atomic mass is 16.2. The minimum atomic E-state index is 0.161. The number of fused-ring (bicyclic) bond motifs is 1. The first-order chi connectivity index (χ1) is 10.7. The van der Waals surface area contributed by atoms with E-state index in [1.165, 1.54) is 12.8 Å². The van der Waals surface area contributed by atoms with E-state index in [9.17, 15) is 4.79 Å². The van der Waals surface area contributed by atoms with E-state index in [0.717, 1.165) is 42.9 Å². The number of carbonyl (C=O) groups is 1. The van der Waals surface area contributed by atoms with Crippen LogP contribution in [0.1, 0.15) is 31.7 Å². The predicted octanol–water partition coefficient (Wildman–Crippen LogP) is 1.22. The van der Waals surface area contributed by atoms with Gasteiger partial charge < -0.3 is 14.4 Å². The third-order valence-corrected chi connectivity index (χ3v) is 4.47. The van der Waals surface area contributed by atoms with Gasteiger partial charge in [0.25, 0.3) is 0 Å². The monoisotopic (exact) mass is 300 g/mol. The van der Waals surface area contributed by atoms with E-state index >= 15 is 0 Å². The van der Waals surface area contributed by atoms with E-state index in [1.807, 2.05) is 23.2 Å². The van der Waals surface area contributed by atoms with Crippen LogP contribution in [0.4, 0.5) is 5.82 Å². The van der Waals surface area contributed by atoms with Crippen molar-refractivity contribution in [1.29, 1.82) is 0 Å². The molecular formula is C15H20N6O. The molecule has 0 radical (unpaired) electrons. The van der Waals surface area contributed by atoms with Crippen LogP contribution >= 0.6 is 0 Å². The molecule has 1 saturated carbocycles. The van der Waals surface area contributed by atoms with Gasteiger partial charge in [0, 0.05) is 26.2 Å². The van der Waals surface area contributed by atoms with Gasteiger partial charge in [-0.3, -0.25) is 4.79 Å². The van der Waals surface area contributed by atoms with Crippen LogP contribution in [0, 0.1) is 0 Å². The molecule has 7 nitrogen and oxygen atoms in total. The summed E-state index contributed by atoms with van der Waals surface area (Å²) in [6.45, 7) is 2.09. The summed E-state index contributed by atoms with van der Waals surface area (Å²) in [5.74, 6) is 0.894. The molecule has 0 bridgehead atoms. The predicted molar refractivity (Wildman–Crippen MR) is 82.7 cm³/mol. The average Bonchev–Trinajstić information content (AvgIpc) is 3.05. The molecule has 22 heavy (non-hydrogen) atoms. The quantitative estimate of drug-likeness (QED) is 0.849. The Morgan fingerprint density at radius 2 is 2.05 bits per heavy atom. The lowest BCUT2D eigenvalue weighted by Crippen LogP contribution is -2.37. The molecule has 0 N–H and O–H groups in total. The molecule has 1 aliphatic heterocycles. The van der Waals surface area contributed by atoms with Crippen molar-refractivity contribution in [1.82, 2.24) is 24.4 Å². The highest BCUT2D eigenvalue weighted by Gasteiger charge is 2.27. The topological polar surface area (TPSA) is 67.2 Å². The van der Waals surface area contributed by atoms with E-state index in [-0.39, 0.29) is 5.91 Å². The van der Waals surface area contributed by atoms with Gasteiger partial charge in [0.15, 0.2) is 17.0 Å². The zero-order valence-corrected chi connectivity index (χ0v) is 12.8. The Morgan fingerprint density at radius 1 is 1.27 bits per heavy atom. The van der Waals surface area contributed by atoms with Crippen molar-refractivity contribution in [2.45, 2.75) is 31.7 Å². The Kier molecular flexibility index (Phi) is 3.20. The second-order valence-corrected chi connectivity index (χ2v) is 6.20. The summed E-state index contributed by atoms with van der Waals surface area (Å²) in [7, 11) is 1.89. The highest BCUT2D eigenvalue weighted by Crippen LogP contribution is 2.37. The van der Waals surface area contributed by atoms with Crippen LogP contribution in [0.2, 0.25) is 0 Å². The van der Waals surface area contributed by atoms with Crippen molar-refractivity contribution in [3.8, 4) is 0 Å². The maximum absolute atomic E-state index is 12.3. The first-order valence-electron chi connectivity index (χ1n) is 7.90. The Hall–Kier alpha value is -2.18. The highest BCUT2D eigenvalue weighted by molar-refractivity contribution is 5.87. The summed E-state index contributed by atoms with van der Waals surface area (Å²) in [5, 5.41) is 0. The lowest BCUT2D eigenvalue weighted by Gasteiger charge is -2.22. The number of hydrogen-bond donors (Lipinski definition) is 0. The average molecular weight is 300 g/mol. The third-order valence-electron chi connectivity index (χ3n) is 4.47. The number of amides is 1. The van der Waals surface area contributed by atoms with Gasteiger partial charge in [-0.2, -0.15) is 0 Å². The molecule has 0 atom stereocenters. The standard InChI is InChI=1S/C15H20N6O/c1-19(8-12(22)20-6-2-3-7-20)14-13-15(17-9-16-14)21(10-18-13)11-4-5-11/h9-11H,2-8H2,1H3. The van der Waals surface area contributed by atoms with Crippen molar-refractivity contribution in [3.05, 3.63) is 12.7 Å². The molecule has 1 aliphatic carbocycles. The van der Waals surface area contributed by atoms with E-state index in [2.05, 4.69) is 19.5 Å². The molecule has 0 unspecified atom stereocenters. The molecular weight excluding hydrogens is 280 g/mol. The molecule has 0 spiro atoms. The lowest BCUT2D eigenvalue weighted by molar-refractivity contribution is -0.128. The molecule has 3 heterocycles. The molecule has 1 saturated heterocycles. The number of likely N-dealkylation sites (tertiary alicyclic amines) is 1. The minimum absolute atomic E-state index is 0.161. The normalized spacial score (nSPS) is 18.1. The zero-order valence-electron chi connectivity index (χ0n) is 12.8. The van der Waals surface area contributed by atoms with Crippen LogP contribution in [0.5, 0.6) is 0 Å². The largest absolute Gasteiger partial charge is 0.348 e. The van der Waals surface area contributed by atoms with Gasteiger partial charge >= 0.3 is 0 Å². The third kappa shape index (κ3) is 2.30. The lowest BCUT2D eigenvalue weighted by atomic mass is 10.4. The van der Waals surface area contributed by atoms with Crippen LogP contribution in [0.3, 0.4) is 0 Å². The Balaban J connectivity index is 1.58. The molecule has 2 aromatic rings. The first kappa shape index (κ1) is 13.5. The summed E-state index contributed by atoms with van der Waals surface area (Å²) >= 11 is 0. The summed E-state index contributed by atoms with van der Waals surface area (Å²) in [6.07, 6.45) is 8.01. The number of nitrogens with zero attached hydrogens (tertiary/aromatic N) is 6. The van der Waals surface area contributed by atoms with Gasteiger partial charge in [-0.25, -0.2) is 15.0 Å². The molecule has 2 fully saturated rings. The number of hydrogen-bond acceptors (Lipinski definition) is 5. The molecule has 116 valence electrons. The van der Waals surface area contributed by atoms with Crippen molar-refractivity contribution < 1.29 is 4.79 Å². The summed E-state index contributed by atoms with van der Waals surface area (Å²) in [6, 6.07) is 0.532. The van der Waals surface area contributed by atoms with Crippen LogP contribution in [-0.2, 0) is 4.79 Å². The second-order valence-electron chi connectivity index (χ2n) is 6.20. The maximum Gasteiger partial charge on any atom is 0.242 e. The van der Waals surface area contributed by atoms with Crippen molar-refractivity contribution in [2.75, 3.05) is 31.6 Å². The maximum atomic E-state index is 12.3.